The summed E-state index contributed by atoms with van der Waals surface area (Å²) in [7, 11) is -4.30. The molecule has 9 heteroatoms. The van der Waals surface area contributed by atoms with Crippen LogP contribution in [0.3, 0.4) is 0 Å². The third-order valence-electron chi connectivity index (χ3n) is 6.64. The average Bonchev–Trinajstić information content (AvgIpc) is 2.77. The summed E-state index contributed by atoms with van der Waals surface area (Å²) < 4.78 is 33.6. The van der Waals surface area contributed by atoms with Gasteiger partial charge in [0.25, 0.3) is 5.62 Å². The van der Waals surface area contributed by atoms with Gasteiger partial charge in [-0.05, 0) is 59.8 Å². The number of phenolic OH excluding ortho intramolecular Hbond substituents is 1. The minimum atomic E-state index is -4.30. The molecule has 0 heterocycles. The van der Waals surface area contributed by atoms with Gasteiger partial charge in [-0.1, -0.05) is 83.1 Å². The van der Waals surface area contributed by atoms with Crippen LogP contribution in [0.4, 0.5) is 0 Å². The maximum absolute atomic E-state index is 11.6. The Hall–Kier alpha value is -1.68. The fourth-order valence-electron chi connectivity index (χ4n) is 4.51. The van der Waals surface area contributed by atoms with Crippen molar-refractivity contribution in [2.45, 2.75) is 132 Å². The zero-order chi connectivity index (χ0) is 32.7. The first-order valence-electron chi connectivity index (χ1n) is 14.1. The van der Waals surface area contributed by atoms with E-state index in [0.717, 1.165) is 32.0 Å². The van der Waals surface area contributed by atoms with E-state index >= 15 is 0 Å². The molecule has 0 radical (unpaired) electrons. The van der Waals surface area contributed by atoms with Crippen LogP contribution < -0.4 is 4.74 Å². The second kappa shape index (κ2) is 12.4. The van der Waals surface area contributed by atoms with Crippen molar-refractivity contribution in [3.05, 3.63) is 46.5 Å². The lowest BCUT2D eigenvalue weighted by Gasteiger charge is -2.32. The zero-order valence-corrected chi connectivity index (χ0v) is 30.3. The van der Waals surface area contributed by atoms with Gasteiger partial charge >= 0.3 is 10.1 Å². The molecule has 1 N–H and O–H groups in total. The van der Waals surface area contributed by atoms with Gasteiger partial charge in [0.05, 0.1) is 4.08 Å². The fourth-order valence-corrected chi connectivity index (χ4v) is 7.33. The Bertz CT molecular complexity index is 1330. The third kappa shape index (κ3) is 9.66. The zero-order valence-electron chi connectivity index (χ0n) is 27.8. The van der Waals surface area contributed by atoms with E-state index in [-0.39, 0.29) is 31.4 Å². The van der Waals surface area contributed by atoms with Crippen molar-refractivity contribution >= 4 is 39.3 Å². The highest BCUT2D eigenvalue weighted by atomic mass is 32.2. The topological polar surface area (TPSA) is 89.9 Å². The van der Waals surface area contributed by atoms with Gasteiger partial charge in [-0.3, -0.25) is 4.79 Å². The summed E-state index contributed by atoms with van der Waals surface area (Å²) in [5.41, 5.74) is 2.39. The van der Waals surface area contributed by atoms with Gasteiger partial charge in [-0.2, -0.15) is 8.42 Å². The minimum absolute atomic E-state index is 0.217. The number of benzene rings is 2. The molecule has 0 unspecified atom stereocenters. The predicted octanol–water partition coefficient (Wildman–Crippen LogP) is 9.08. The number of aromatic hydroxyl groups is 1. The summed E-state index contributed by atoms with van der Waals surface area (Å²) in [6.07, 6.45) is 0. The lowest BCUT2D eigenvalue weighted by atomic mass is 9.79. The molecule has 42 heavy (non-hydrogen) atoms. The Kier molecular flexibility index (Phi) is 10.8. The molecule has 0 saturated heterocycles. The quantitative estimate of drug-likeness (QED) is 0.126. The standard InChI is InChI=1S/C33H50O6S3/c1-29(2,3)23-15-21(16-24(27(23)35)30(4,5)6)40-33(13,14)41-22-17-25(31(7,8)9)28(26(18-22)32(10,11)12)38-20-39-42(36,37)19-34/h15-19,35H,20H2,1-14H3. The normalized spacial score (nSPS) is 13.8. The van der Waals surface area contributed by atoms with Crippen LogP contribution in [0, 0.1) is 0 Å². The first kappa shape index (κ1) is 36.5. The predicted molar refractivity (Wildman–Crippen MR) is 177 cm³/mol. The molecule has 0 aliphatic heterocycles. The molecule has 6 nitrogen and oxygen atoms in total. The Morgan fingerprint density at radius 1 is 0.667 bits per heavy atom. The van der Waals surface area contributed by atoms with E-state index in [2.05, 4.69) is 121 Å². The van der Waals surface area contributed by atoms with Gasteiger partial charge in [0.2, 0.25) is 6.79 Å². The second-order valence-corrected chi connectivity index (χ2v) is 20.4. The molecule has 0 amide bonds. The fraction of sp³-hybridized carbons (Fsp3) is 0.606. The Balaban J connectivity index is 2.60. The molecule has 0 bridgehead atoms. The van der Waals surface area contributed by atoms with Gasteiger partial charge in [0.15, 0.2) is 0 Å². The van der Waals surface area contributed by atoms with Gasteiger partial charge in [-0.25, -0.2) is 4.18 Å². The second-order valence-electron chi connectivity index (χ2n) is 15.3. The summed E-state index contributed by atoms with van der Waals surface area (Å²) in [5.74, 6) is 0.934. The molecular weight excluding hydrogens is 589 g/mol. The Labute approximate surface area is 262 Å². The van der Waals surface area contributed by atoms with Crippen molar-refractivity contribution in [2.75, 3.05) is 6.79 Å². The summed E-state index contributed by atoms with van der Waals surface area (Å²) >= 11 is 3.50. The average molecular weight is 639 g/mol. The summed E-state index contributed by atoms with van der Waals surface area (Å²) in [6, 6.07) is 8.43. The molecular formula is C33H50O6S3. The maximum atomic E-state index is 11.6. The largest absolute Gasteiger partial charge is 0.507 e. The van der Waals surface area contributed by atoms with Crippen LogP contribution in [0.15, 0.2) is 34.1 Å². The third-order valence-corrected chi connectivity index (χ3v) is 9.73. The Morgan fingerprint density at radius 3 is 1.31 bits per heavy atom. The SMILES string of the molecule is CC(C)(Sc1cc(C(C)(C)C)c(O)c(C(C)(C)C)c1)Sc1cc(C(C)(C)C)c(OCOS(=O)(=O)C=O)c(C(C)(C)C)c1. The lowest BCUT2D eigenvalue weighted by molar-refractivity contribution is 0.124. The smallest absolute Gasteiger partial charge is 0.331 e. The van der Waals surface area contributed by atoms with Gasteiger partial charge < -0.3 is 9.84 Å². The molecule has 0 spiro atoms. The van der Waals surface area contributed by atoms with E-state index in [4.69, 9.17) is 8.92 Å². The number of carbonyl (C=O) groups is 1. The molecule has 0 aromatic heterocycles. The molecule has 2 rings (SSSR count). The number of carbonyl (C=O) groups excluding carboxylic acids is 1. The molecule has 0 atom stereocenters. The molecule has 0 aliphatic rings. The van der Waals surface area contributed by atoms with E-state index in [1.165, 1.54) is 0 Å². The van der Waals surface area contributed by atoms with Crippen molar-refractivity contribution in [1.29, 1.82) is 0 Å². The van der Waals surface area contributed by atoms with Gasteiger partial charge in [-0.15, -0.1) is 23.5 Å². The van der Waals surface area contributed by atoms with E-state index < -0.39 is 16.9 Å². The molecule has 236 valence electrons. The van der Waals surface area contributed by atoms with Gasteiger partial charge in [0.1, 0.15) is 11.5 Å². The number of thioether (sulfide) groups is 2. The van der Waals surface area contributed by atoms with Crippen molar-refractivity contribution < 1.29 is 27.2 Å². The van der Waals surface area contributed by atoms with Crippen LogP contribution >= 0.6 is 23.5 Å². The first-order valence-corrected chi connectivity index (χ1v) is 17.2. The monoisotopic (exact) mass is 638 g/mol. The molecule has 0 fully saturated rings. The highest BCUT2D eigenvalue weighted by Gasteiger charge is 2.32. The van der Waals surface area contributed by atoms with Crippen LogP contribution in [0.2, 0.25) is 0 Å². The number of hydrogen-bond acceptors (Lipinski definition) is 8. The number of ether oxygens (including phenoxy) is 1. The van der Waals surface area contributed by atoms with Crippen LogP contribution in [0.5, 0.6) is 11.5 Å². The molecule has 2 aromatic rings. The van der Waals surface area contributed by atoms with E-state index in [9.17, 15) is 18.3 Å². The van der Waals surface area contributed by atoms with Crippen molar-refractivity contribution in [3.8, 4) is 11.5 Å². The molecule has 2 aromatic carbocycles. The maximum Gasteiger partial charge on any atom is 0.331 e. The summed E-state index contributed by atoms with van der Waals surface area (Å²) in [5, 5.41) is 11.2. The van der Waals surface area contributed by atoms with Crippen LogP contribution in [0.1, 0.15) is 119 Å². The van der Waals surface area contributed by atoms with Crippen LogP contribution in [0.25, 0.3) is 0 Å². The number of rotatable bonds is 9. The highest BCUT2D eigenvalue weighted by Crippen LogP contribution is 2.51. The first-order chi connectivity index (χ1) is 18.7. The van der Waals surface area contributed by atoms with Crippen molar-refractivity contribution in [1.82, 2.24) is 0 Å². The van der Waals surface area contributed by atoms with Crippen LogP contribution in [-0.2, 0) is 40.8 Å². The van der Waals surface area contributed by atoms with Gasteiger partial charge in [0, 0.05) is 32.0 Å². The summed E-state index contributed by atoms with van der Waals surface area (Å²) in [4.78, 5) is 13.0. The lowest BCUT2D eigenvalue weighted by Crippen LogP contribution is -2.22. The highest BCUT2D eigenvalue weighted by molar-refractivity contribution is 8.18. The van der Waals surface area contributed by atoms with Crippen molar-refractivity contribution in [2.24, 2.45) is 0 Å². The number of hydrogen-bond donors (Lipinski definition) is 1. The van der Waals surface area contributed by atoms with E-state index in [0.29, 0.717) is 11.5 Å². The Morgan fingerprint density at radius 2 is 1.00 bits per heavy atom. The molecule has 0 aliphatic carbocycles. The van der Waals surface area contributed by atoms with Crippen molar-refractivity contribution in [3.63, 3.8) is 0 Å². The minimum Gasteiger partial charge on any atom is -0.507 e. The summed E-state index contributed by atoms with van der Waals surface area (Å²) in [6.45, 7) is 29.0. The number of phenols is 1. The van der Waals surface area contributed by atoms with E-state index in [1.807, 2.05) is 0 Å². The van der Waals surface area contributed by atoms with Crippen LogP contribution in [-0.4, -0.2) is 30.0 Å². The molecule has 0 saturated carbocycles. The van der Waals surface area contributed by atoms with E-state index in [1.54, 1.807) is 23.5 Å².